The van der Waals surface area contributed by atoms with Crippen LogP contribution in [0.15, 0.2) is 67.0 Å². The van der Waals surface area contributed by atoms with Gasteiger partial charge in [-0.15, -0.1) is 0 Å². The van der Waals surface area contributed by atoms with Gasteiger partial charge in [0.15, 0.2) is 0 Å². The van der Waals surface area contributed by atoms with Crippen LogP contribution in [0.3, 0.4) is 0 Å². The van der Waals surface area contributed by atoms with Crippen LogP contribution in [0.4, 0.5) is 0 Å². The predicted molar refractivity (Wildman–Crippen MR) is 93.6 cm³/mol. The van der Waals surface area contributed by atoms with Crippen molar-refractivity contribution >= 4 is 22.6 Å². The Morgan fingerprint density at radius 1 is 0.913 bits per heavy atom. The lowest BCUT2D eigenvalue weighted by atomic mass is 10.0. The van der Waals surface area contributed by atoms with Gasteiger partial charge in [0.2, 0.25) is 0 Å². The second-order valence-electron chi connectivity index (χ2n) is 5.38. The Morgan fingerprint density at radius 3 is 2.52 bits per heavy atom. The van der Waals surface area contributed by atoms with Gasteiger partial charge < -0.3 is 10.1 Å². The molecule has 2 aromatic heterocycles. The molecule has 2 heterocycles. The first-order valence-electron chi connectivity index (χ1n) is 7.23. The van der Waals surface area contributed by atoms with Crippen LogP contribution in [0.1, 0.15) is 0 Å². The van der Waals surface area contributed by atoms with Crippen molar-refractivity contribution in [1.29, 1.82) is 0 Å². The number of aromatic hydroxyl groups is 1. The molecule has 0 saturated heterocycles. The molecule has 0 atom stereocenters. The zero-order chi connectivity index (χ0) is 15.8. The minimum absolute atomic E-state index is 0.245. The molecule has 3 nitrogen and oxygen atoms in total. The van der Waals surface area contributed by atoms with E-state index in [-0.39, 0.29) is 5.75 Å². The second kappa shape index (κ2) is 5.45. The number of fused-ring (bicyclic) bond motifs is 1. The number of phenolic OH excluding ortho intramolecular Hbond substituents is 1. The predicted octanol–water partition coefficient (Wildman–Crippen LogP) is 5.26. The van der Waals surface area contributed by atoms with Crippen LogP contribution in [0, 0.1) is 0 Å². The Morgan fingerprint density at radius 2 is 1.74 bits per heavy atom. The number of rotatable bonds is 2. The lowest BCUT2D eigenvalue weighted by Gasteiger charge is -2.04. The lowest BCUT2D eigenvalue weighted by molar-refractivity contribution is 0.475. The Bertz CT molecular complexity index is 990. The summed E-state index contributed by atoms with van der Waals surface area (Å²) in [5.74, 6) is 0.245. The van der Waals surface area contributed by atoms with Crippen LogP contribution < -0.4 is 0 Å². The first-order chi connectivity index (χ1) is 11.2. The summed E-state index contributed by atoms with van der Waals surface area (Å²) in [5, 5.41) is 11.4. The molecule has 2 N–H and O–H groups in total. The van der Waals surface area contributed by atoms with E-state index in [0.717, 1.165) is 33.3 Å². The van der Waals surface area contributed by atoms with Gasteiger partial charge in [-0.2, -0.15) is 0 Å². The third kappa shape index (κ3) is 2.56. The third-order valence-corrected chi connectivity index (χ3v) is 4.12. The minimum atomic E-state index is 0.245. The van der Waals surface area contributed by atoms with Crippen molar-refractivity contribution in [1.82, 2.24) is 9.97 Å². The first-order valence-corrected chi connectivity index (χ1v) is 7.61. The summed E-state index contributed by atoms with van der Waals surface area (Å²) >= 11 is 5.97. The van der Waals surface area contributed by atoms with Gasteiger partial charge >= 0.3 is 0 Å². The van der Waals surface area contributed by atoms with Crippen molar-refractivity contribution in [2.24, 2.45) is 0 Å². The van der Waals surface area contributed by atoms with E-state index in [9.17, 15) is 5.11 Å². The molecule has 0 spiro atoms. The molecule has 0 radical (unpaired) electrons. The monoisotopic (exact) mass is 320 g/mol. The Kier molecular flexibility index (Phi) is 3.28. The molecule has 112 valence electrons. The van der Waals surface area contributed by atoms with Crippen LogP contribution in [0.5, 0.6) is 5.75 Å². The van der Waals surface area contributed by atoms with E-state index in [4.69, 9.17) is 11.6 Å². The van der Waals surface area contributed by atoms with Crippen molar-refractivity contribution < 1.29 is 5.11 Å². The molecule has 0 saturated carbocycles. The van der Waals surface area contributed by atoms with E-state index in [2.05, 4.69) is 16.0 Å². The Balaban J connectivity index is 1.88. The molecule has 23 heavy (non-hydrogen) atoms. The summed E-state index contributed by atoms with van der Waals surface area (Å²) in [6.07, 6.45) is 3.76. The maximum absolute atomic E-state index is 9.67. The molecular formula is C19H13ClN2O. The highest BCUT2D eigenvalue weighted by molar-refractivity contribution is 6.30. The number of hydrogen-bond donors (Lipinski definition) is 2. The molecular weight excluding hydrogens is 308 g/mol. The van der Waals surface area contributed by atoms with Gasteiger partial charge in [-0.3, -0.25) is 0 Å². The fourth-order valence-electron chi connectivity index (χ4n) is 2.71. The van der Waals surface area contributed by atoms with Crippen LogP contribution in [0.2, 0.25) is 5.02 Å². The fraction of sp³-hybridized carbons (Fsp3) is 0. The number of pyridine rings is 1. The second-order valence-corrected chi connectivity index (χ2v) is 5.82. The largest absolute Gasteiger partial charge is 0.508 e. The molecule has 0 aliphatic carbocycles. The van der Waals surface area contributed by atoms with Gasteiger partial charge in [-0.25, -0.2) is 4.98 Å². The van der Waals surface area contributed by atoms with Gasteiger partial charge in [0, 0.05) is 33.9 Å². The molecule has 2 aromatic carbocycles. The molecule has 4 heteroatoms. The van der Waals surface area contributed by atoms with E-state index in [1.165, 1.54) is 0 Å². The number of aromatic amines is 1. The molecule has 0 aliphatic heterocycles. The van der Waals surface area contributed by atoms with Crippen molar-refractivity contribution in [3.8, 4) is 28.0 Å². The molecule has 0 unspecified atom stereocenters. The highest BCUT2D eigenvalue weighted by Gasteiger charge is 2.09. The van der Waals surface area contributed by atoms with Crippen LogP contribution in [-0.4, -0.2) is 15.1 Å². The number of H-pyrrole nitrogens is 1. The standard InChI is InChI=1S/C19H13ClN2O/c20-15-6-4-12(5-7-15)18-11-22-19-17(18)9-14(10-21-19)13-2-1-3-16(23)8-13/h1-11,23H,(H,21,22). The fourth-order valence-corrected chi connectivity index (χ4v) is 2.84. The molecule has 0 fully saturated rings. The number of benzene rings is 2. The van der Waals surface area contributed by atoms with Gasteiger partial charge in [0.05, 0.1) is 0 Å². The van der Waals surface area contributed by atoms with E-state index in [1.807, 2.05) is 42.6 Å². The number of hydrogen-bond acceptors (Lipinski definition) is 2. The topological polar surface area (TPSA) is 48.9 Å². The van der Waals surface area contributed by atoms with Gasteiger partial charge in [0.1, 0.15) is 11.4 Å². The normalized spacial score (nSPS) is 11.0. The van der Waals surface area contributed by atoms with Gasteiger partial charge in [0.25, 0.3) is 0 Å². The van der Waals surface area contributed by atoms with E-state index in [0.29, 0.717) is 5.02 Å². The van der Waals surface area contributed by atoms with Crippen molar-refractivity contribution in [2.75, 3.05) is 0 Å². The van der Waals surface area contributed by atoms with E-state index in [1.54, 1.807) is 18.3 Å². The number of nitrogens with zero attached hydrogens (tertiary/aromatic N) is 1. The van der Waals surface area contributed by atoms with E-state index < -0.39 is 0 Å². The SMILES string of the molecule is Oc1cccc(-c2cnc3[nH]cc(-c4ccc(Cl)cc4)c3c2)c1. The highest BCUT2D eigenvalue weighted by atomic mass is 35.5. The average Bonchev–Trinajstić information content (AvgIpc) is 2.99. The van der Waals surface area contributed by atoms with Gasteiger partial charge in [-0.05, 0) is 41.5 Å². The molecule has 4 rings (SSSR count). The summed E-state index contributed by atoms with van der Waals surface area (Å²) in [7, 11) is 0. The van der Waals surface area contributed by atoms with Crippen LogP contribution >= 0.6 is 11.6 Å². The smallest absolute Gasteiger partial charge is 0.137 e. The zero-order valence-corrected chi connectivity index (χ0v) is 12.9. The molecule has 0 aliphatic rings. The lowest BCUT2D eigenvalue weighted by Crippen LogP contribution is -1.82. The summed E-state index contributed by atoms with van der Waals surface area (Å²) in [6.45, 7) is 0. The first kappa shape index (κ1) is 13.9. The summed E-state index contributed by atoms with van der Waals surface area (Å²) in [6, 6.07) is 17.0. The quantitative estimate of drug-likeness (QED) is 0.529. The van der Waals surface area contributed by atoms with Crippen LogP contribution in [0.25, 0.3) is 33.3 Å². The van der Waals surface area contributed by atoms with E-state index >= 15 is 0 Å². The molecule has 4 aromatic rings. The third-order valence-electron chi connectivity index (χ3n) is 3.87. The number of phenols is 1. The highest BCUT2D eigenvalue weighted by Crippen LogP contribution is 2.32. The molecule has 0 bridgehead atoms. The van der Waals surface area contributed by atoms with Crippen molar-refractivity contribution in [2.45, 2.75) is 0 Å². The number of nitrogens with one attached hydrogen (secondary N) is 1. The zero-order valence-electron chi connectivity index (χ0n) is 12.1. The summed E-state index contributed by atoms with van der Waals surface area (Å²) < 4.78 is 0. The van der Waals surface area contributed by atoms with Crippen LogP contribution in [-0.2, 0) is 0 Å². The van der Waals surface area contributed by atoms with Crippen molar-refractivity contribution in [3.05, 3.63) is 72.0 Å². The maximum Gasteiger partial charge on any atom is 0.137 e. The summed E-state index contributed by atoms with van der Waals surface area (Å²) in [5.41, 5.74) is 4.88. The summed E-state index contributed by atoms with van der Waals surface area (Å²) in [4.78, 5) is 7.69. The van der Waals surface area contributed by atoms with Crippen molar-refractivity contribution in [3.63, 3.8) is 0 Å². The average molecular weight is 321 g/mol. The van der Waals surface area contributed by atoms with Gasteiger partial charge in [-0.1, -0.05) is 35.9 Å². The number of halogens is 1. The Hall–Kier alpha value is -2.78. The Labute approximate surface area is 138 Å². The number of aromatic nitrogens is 2. The maximum atomic E-state index is 9.67. The molecule has 0 amide bonds. The minimum Gasteiger partial charge on any atom is -0.508 e.